The highest BCUT2D eigenvalue weighted by molar-refractivity contribution is 7.09. The molecule has 0 aromatic carbocycles. The number of hydrogen-bond donors (Lipinski definition) is 1. The van der Waals surface area contributed by atoms with Gasteiger partial charge in [0.2, 0.25) is 0 Å². The molecular weight excluding hydrogens is 242 g/mol. The van der Waals surface area contributed by atoms with Gasteiger partial charge in [-0.05, 0) is 50.4 Å². The van der Waals surface area contributed by atoms with E-state index >= 15 is 0 Å². The number of nitrogens with one attached hydrogen (secondary N) is 1. The zero-order valence-electron chi connectivity index (χ0n) is 10.3. The lowest BCUT2D eigenvalue weighted by Gasteiger charge is -2.05. The minimum Gasteiger partial charge on any atom is -0.316 e. The molecule has 3 nitrogen and oxygen atoms in total. The Morgan fingerprint density at radius 3 is 3.11 bits per heavy atom. The molecule has 94 valence electrons. The summed E-state index contributed by atoms with van der Waals surface area (Å²) < 4.78 is 0. The normalized spacial score (nSPS) is 19.2. The molecule has 2 aromatic rings. The van der Waals surface area contributed by atoms with Gasteiger partial charge < -0.3 is 5.32 Å². The van der Waals surface area contributed by atoms with Gasteiger partial charge in [0.25, 0.3) is 0 Å². The summed E-state index contributed by atoms with van der Waals surface area (Å²) in [5, 5.41) is 6.77. The van der Waals surface area contributed by atoms with E-state index in [-0.39, 0.29) is 0 Å². The molecule has 0 radical (unpaired) electrons. The Kier molecular flexibility index (Phi) is 3.67. The second-order valence-electron chi connectivity index (χ2n) is 4.74. The Bertz CT molecular complexity index is 489. The van der Waals surface area contributed by atoms with Crippen LogP contribution in [0.4, 0.5) is 0 Å². The van der Waals surface area contributed by atoms with Gasteiger partial charge in [-0.1, -0.05) is 6.07 Å². The topological polar surface area (TPSA) is 37.8 Å². The third-order valence-electron chi connectivity index (χ3n) is 3.41. The van der Waals surface area contributed by atoms with Crippen molar-refractivity contribution in [3.8, 4) is 11.4 Å². The molecule has 1 fully saturated rings. The van der Waals surface area contributed by atoms with Crippen molar-refractivity contribution in [2.45, 2.75) is 19.3 Å². The van der Waals surface area contributed by atoms with Crippen molar-refractivity contribution in [2.75, 3.05) is 13.1 Å². The van der Waals surface area contributed by atoms with E-state index in [1.54, 1.807) is 11.3 Å². The first kappa shape index (κ1) is 11.8. The summed E-state index contributed by atoms with van der Waals surface area (Å²) in [6.07, 6.45) is 5.49. The average Bonchev–Trinajstić information content (AvgIpc) is 3.09. The van der Waals surface area contributed by atoms with Crippen LogP contribution in [0.25, 0.3) is 11.4 Å². The molecule has 4 heteroatoms. The Labute approximate surface area is 111 Å². The summed E-state index contributed by atoms with van der Waals surface area (Å²) in [4.78, 5) is 9.01. The zero-order chi connectivity index (χ0) is 12.2. The third kappa shape index (κ3) is 2.76. The Morgan fingerprint density at radius 1 is 1.33 bits per heavy atom. The largest absolute Gasteiger partial charge is 0.316 e. The van der Waals surface area contributed by atoms with Crippen LogP contribution in [-0.4, -0.2) is 23.1 Å². The minimum atomic E-state index is 0.840. The quantitative estimate of drug-likeness (QED) is 0.917. The van der Waals surface area contributed by atoms with Crippen molar-refractivity contribution in [3.63, 3.8) is 0 Å². The van der Waals surface area contributed by atoms with Gasteiger partial charge in [0, 0.05) is 11.6 Å². The number of aryl methyl sites for hydroxylation is 1. The predicted molar refractivity (Wildman–Crippen MR) is 74.6 cm³/mol. The number of nitrogens with zero attached hydrogens (tertiary/aromatic N) is 2. The molecule has 0 aliphatic carbocycles. The Hall–Kier alpha value is -1.26. The third-order valence-corrected chi connectivity index (χ3v) is 4.32. The van der Waals surface area contributed by atoms with E-state index < -0.39 is 0 Å². The van der Waals surface area contributed by atoms with Gasteiger partial charge in [-0.15, -0.1) is 11.3 Å². The van der Waals surface area contributed by atoms with Gasteiger partial charge in [0.15, 0.2) is 0 Å². The van der Waals surface area contributed by atoms with Crippen LogP contribution in [0.15, 0.2) is 29.8 Å². The summed E-state index contributed by atoms with van der Waals surface area (Å²) in [7, 11) is 0. The molecule has 1 saturated heterocycles. The van der Waals surface area contributed by atoms with Crippen molar-refractivity contribution in [1.82, 2.24) is 15.3 Å². The van der Waals surface area contributed by atoms with Crippen LogP contribution in [0, 0.1) is 5.92 Å². The Morgan fingerprint density at radius 2 is 2.33 bits per heavy atom. The maximum atomic E-state index is 4.68. The lowest BCUT2D eigenvalue weighted by molar-refractivity contribution is 0.532. The van der Waals surface area contributed by atoms with Crippen LogP contribution in [-0.2, 0) is 6.42 Å². The maximum Gasteiger partial charge on any atom is 0.0998 e. The molecule has 18 heavy (non-hydrogen) atoms. The molecule has 3 rings (SSSR count). The molecule has 2 aromatic heterocycles. The fraction of sp³-hybridized carbons (Fsp3) is 0.429. The number of thiazole rings is 1. The minimum absolute atomic E-state index is 0.840. The summed E-state index contributed by atoms with van der Waals surface area (Å²) in [5.74, 6) is 0.840. The van der Waals surface area contributed by atoms with Gasteiger partial charge in [-0.25, -0.2) is 4.98 Å². The molecule has 1 aliphatic rings. The first-order chi connectivity index (χ1) is 8.92. The maximum absolute atomic E-state index is 4.68. The van der Waals surface area contributed by atoms with Crippen molar-refractivity contribution in [2.24, 2.45) is 5.92 Å². The van der Waals surface area contributed by atoms with E-state index in [9.17, 15) is 0 Å². The van der Waals surface area contributed by atoms with Crippen LogP contribution in [0.3, 0.4) is 0 Å². The Balaban J connectivity index is 1.63. The van der Waals surface area contributed by atoms with E-state index in [0.29, 0.717) is 0 Å². The van der Waals surface area contributed by atoms with Gasteiger partial charge >= 0.3 is 0 Å². The van der Waals surface area contributed by atoms with Gasteiger partial charge in [-0.3, -0.25) is 4.98 Å². The highest BCUT2D eigenvalue weighted by Gasteiger charge is 2.15. The molecular formula is C14H17N3S. The highest BCUT2D eigenvalue weighted by Crippen LogP contribution is 2.22. The number of rotatable bonds is 4. The van der Waals surface area contributed by atoms with Gasteiger partial charge in [-0.2, -0.15) is 0 Å². The van der Waals surface area contributed by atoms with Crippen LogP contribution >= 0.6 is 11.3 Å². The monoisotopic (exact) mass is 259 g/mol. The number of hydrogen-bond acceptors (Lipinski definition) is 4. The zero-order valence-corrected chi connectivity index (χ0v) is 11.1. The van der Waals surface area contributed by atoms with Gasteiger partial charge in [0.1, 0.15) is 0 Å². The van der Waals surface area contributed by atoms with Crippen molar-refractivity contribution >= 4 is 11.3 Å². The molecule has 1 unspecified atom stereocenters. The lowest BCUT2D eigenvalue weighted by atomic mass is 10.0. The fourth-order valence-electron chi connectivity index (χ4n) is 2.35. The van der Waals surface area contributed by atoms with E-state index in [0.717, 1.165) is 23.7 Å². The average molecular weight is 259 g/mol. The fourth-order valence-corrected chi connectivity index (χ4v) is 3.15. The van der Waals surface area contributed by atoms with Crippen molar-refractivity contribution in [3.05, 3.63) is 34.8 Å². The molecule has 3 heterocycles. The van der Waals surface area contributed by atoms with E-state index in [1.807, 2.05) is 24.4 Å². The summed E-state index contributed by atoms with van der Waals surface area (Å²) in [6, 6.07) is 5.95. The standard InChI is InChI=1S/C14H17N3S/c1-2-7-16-12(3-1)13-10-18-14(17-13)5-4-11-6-8-15-9-11/h1-3,7,10-11,15H,4-6,8-9H2. The molecule has 0 spiro atoms. The molecule has 0 saturated carbocycles. The molecule has 1 atom stereocenters. The second kappa shape index (κ2) is 5.59. The van der Waals surface area contributed by atoms with Crippen LogP contribution < -0.4 is 5.32 Å². The van der Waals surface area contributed by atoms with E-state index in [1.165, 1.54) is 30.9 Å². The molecule has 1 N–H and O–H groups in total. The van der Waals surface area contributed by atoms with Crippen LogP contribution in [0.5, 0.6) is 0 Å². The smallest absolute Gasteiger partial charge is 0.0998 e. The summed E-state index contributed by atoms with van der Waals surface area (Å²) in [6.45, 7) is 2.36. The summed E-state index contributed by atoms with van der Waals surface area (Å²) in [5.41, 5.74) is 1.99. The van der Waals surface area contributed by atoms with Crippen LogP contribution in [0.1, 0.15) is 17.8 Å². The predicted octanol–water partition coefficient (Wildman–Crippen LogP) is 2.75. The molecule has 0 amide bonds. The number of aromatic nitrogens is 2. The van der Waals surface area contributed by atoms with E-state index in [4.69, 9.17) is 0 Å². The first-order valence-corrected chi connectivity index (χ1v) is 7.36. The van der Waals surface area contributed by atoms with E-state index in [2.05, 4.69) is 20.7 Å². The second-order valence-corrected chi connectivity index (χ2v) is 5.68. The van der Waals surface area contributed by atoms with Crippen LogP contribution in [0.2, 0.25) is 0 Å². The first-order valence-electron chi connectivity index (χ1n) is 6.48. The summed E-state index contributed by atoms with van der Waals surface area (Å²) >= 11 is 1.76. The van der Waals surface area contributed by atoms with Crippen molar-refractivity contribution in [1.29, 1.82) is 0 Å². The lowest BCUT2D eigenvalue weighted by Crippen LogP contribution is -2.09. The highest BCUT2D eigenvalue weighted by atomic mass is 32.1. The molecule has 0 bridgehead atoms. The van der Waals surface area contributed by atoms with Crippen molar-refractivity contribution < 1.29 is 0 Å². The van der Waals surface area contributed by atoms with Gasteiger partial charge in [0.05, 0.1) is 16.4 Å². The molecule has 1 aliphatic heterocycles. The SMILES string of the molecule is c1ccc(-c2csc(CCC3CCNC3)n2)nc1. The number of pyridine rings is 1.